The topological polar surface area (TPSA) is 84.3 Å². The van der Waals surface area contributed by atoms with Crippen molar-refractivity contribution in [2.45, 2.75) is 23.8 Å². The number of aromatic nitrogens is 2. The molecular weight excluding hydrogens is 328 g/mol. The summed E-state index contributed by atoms with van der Waals surface area (Å²) < 4.78 is 29.0. The van der Waals surface area contributed by atoms with Crippen LogP contribution >= 0.6 is 0 Å². The van der Waals surface area contributed by atoms with Crippen molar-refractivity contribution in [1.82, 2.24) is 19.4 Å². The van der Waals surface area contributed by atoms with Crippen LogP contribution < -0.4 is 4.72 Å². The van der Waals surface area contributed by atoms with Gasteiger partial charge in [-0.15, -0.1) is 0 Å². The quantitative estimate of drug-likeness (QED) is 0.893. The lowest BCUT2D eigenvalue weighted by Crippen LogP contribution is -2.46. The highest BCUT2D eigenvalue weighted by molar-refractivity contribution is 7.89. The van der Waals surface area contributed by atoms with E-state index in [0.717, 1.165) is 0 Å². The number of rotatable bonds is 4. The first-order valence-corrected chi connectivity index (χ1v) is 9.30. The van der Waals surface area contributed by atoms with Crippen molar-refractivity contribution in [3.8, 4) is 0 Å². The number of carbonyl (C=O) groups is 1. The van der Waals surface area contributed by atoms with E-state index in [0.29, 0.717) is 31.6 Å². The summed E-state index contributed by atoms with van der Waals surface area (Å²) in [5, 5.41) is 4.01. The Hall–Kier alpha value is -2.19. The van der Waals surface area contributed by atoms with E-state index in [-0.39, 0.29) is 16.8 Å². The van der Waals surface area contributed by atoms with E-state index in [1.54, 1.807) is 59.2 Å². The van der Waals surface area contributed by atoms with Crippen LogP contribution in [0.5, 0.6) is 0 Å². The highest BCUT2D eigenvalue weighted by atomic mass is 32.2. The van der Waals surface area contributed by atoms with Crippen molar-refractivity contribution >= 4 is 15.9 Å². The predicted octanol–water partition coefficient (Wildman–Crippen LogP) is 1.00. The van der Waals surface area contributed by atoms with Crippen molar-refractivity contribution in [2.24, 2.45) is 7.05 Å². The third kappa shape index (κ3) is 3.49. The maximum absolute atomic E-state index is 12.4. The predicted molar refractivity (Wildman–Crippen MR) is 88.9 cm³/mol. The van der Waals surface area contributed by atoms with Crippen LogP contribution in [0.4, 0.5) is 0 Å². The zero-order chi connectivity index (χ0) is 17.2. The molecule has 0 unspecified atom stereocenters. The van der Waals surface area contributed by atoms with Crippen molar-refractivity contribution in [3.63, 3.8) is 0 Å². The van der Waals surface area contributed by atoms with E-state index in [1.807, 2.05) is 0 Å². The number of sulfonamides is 1. The summed E-state index contributed by atoms with van der Waals surface area (Å²) >= 11 is 0. The van der Waals surface area contributed by atoms with Crippen LogP contribution in [0.2, 0.25) is 0 Å². The average molecular weight is 348 g/mol. The lowest BCUT2D eigenvalue weighted by molar-refractivity contribution is 0.0700. The SMILES string of the molecule is Cn1nccc1C(=O)N1CCC(NS(=O)(=O)c2ccccc2)CC1. The van der Waals surface area contributed by atoms with Gasteiger partial charge in [-0.25, -0.2) is 13.1 Å². The van der Waals surface area contributed by atoms with Crippen LogP contribution in [-0.2, 0) is 17.1 Å². The standard InChI is InChI=1S/C16H20N4O3S/c1-19-15(7-10-17-19)16(21)20-11-8-13(9-12-20)18-24(22,23)14-5-3-2-4-6-14/h2-7,10,13,18H,8-9,11-12H2,1H3. The van der Waals surface area contributed by atoms with Gasteiger partial charge < -0.3 is 4.90 Å². The first-order valence-electron chi connectivity index (χ1n) is 7.82. The number of hydrogen-bond acceptors (Lipinski definition) is 4. The number of nitrogens with one attached hydrogen (secondary N) is 1. The summed E-state index contributed by atoms with van der Waals surface area (Å²) in [5.74, 6) is -0.0700. The molecule has 2 heterocycles. The Morgan fingerprint density at radius 1 is 1.17 bits per heavy atom. The molecule has 24 heavy (non-hydrogen) atoms. The number of aryl methyl sites for hydroxylation is 1. The van der Waals surface area contributed by atoms with E-state index < -0.39 is 10.0 Å². The lowest BCUT2D eigenvalue weighted by atomic mass is 10.1. The minimum absolute atomic E-state index is 0.0700. The van der Waals surface area contributed by atoms with Crippen LogP contribution in [0, 0.1) is 0 Å². The number of amides is 1. The first-order chi connectivity index (χ1) is 11.5. The molecule has 1 aliphatic rings. The van der Waals surface area contributed by atoms with Gasteiger partial charge >= 0.3 is 0 Å². The molecule has 1 amide bonds. The van der Waals surface area contributed by atoms with Gasteiger partial charge in [-0.1, -0.05) is 18.2 Å². The lowest BCUT2D eigenvalue weighted by Gasteiger charge is -2.32. The van der Waals surface area contributed by atoms with E-state index >= 15 is 0 Å². The zero-order valence-electron chi connectivity index (χ0n) is 13.4. The van der Waals surface area contributed by atoms with Crippen LogP contribution in [0.15, 0.2) is 47.5 Å². The molecular formula is C16H20N4O3S. The van der Waals surface area contributed by atoms with Crippen molar-refractivity contribution < 1.29 is 13.2 Å². The smallest absolute Gasteiger partial charge is 0.272 e. The number of likely N-dealkylation sites (tertiary alicyclic amines) is 1. The van der Waals surface area contributed by atoms with Crippen LogP contribution in [0.1, 0.15) is 23.3 Å². The third-order valence-electron chi connectivity index (χ3n) is 4.20. The molecule has 8 heteroatoms. The second-order valence-electron chi connectivity index (χ2n) is 5.84. The molecule has 7 nitrogen and oxygen atoms in total. The Labute approximate surface area is 141 Å². The molecule has 2 aromatic rings. The molecule has 3 rings (SSSR count). The van der Waals surface area contributed by atoms with Crippen LogP contribution in [0.25, 0.3) is 0 Å². The zero-order valence-corrected chi connectivity index (χ0v) is 14.2. The molecule has 0 atom stereocenters. The fraction of sp³-hybridized carbons (Fsp3) is 0.375. The molecule has 1 saturated heterocycles. The molecule has 1 fully saturated rings. The summed E-state index contributed by atoms with van der Waals surface area (Å²) in [6.07, 6.45) is 2.78. The Morgan fingerprint density at radius 2 is 1.83 bits per heavy atom. The fourth-order valence-corrected chi connectivity index (χ4v) is 4.16. The van der Waals surface area contributed by atoms with E-state index in [1.165, 1.54) is 0 Å². The average Bonchev–Trinajstić information content (AvgIpc) is 3.01. The number of nitrogens with zero attached hydrogens (tertiary/aromatic N) is 3. The third-order valence-corrected chi connectivity index (χ3v) is 5.73. The Balaban J connectivity index is 1.60. The Bertz CT molecular complexity index is 809. The molecule has 1 N–H and O–H groups in total. The molecule has 0 bridgehead atoms. The van der Waals surface area contributed by atoms with Gasteiger partial charge in [0, 0.05) is 32.4 Å². The summed E-state index contributed by atoms with van der Waals surface area (Å²) in [7, 11) is -1.78. The maximum Gasteiger partial charge on any atom is 0.272 e. The van der Waals surface area contributed by atoms with Crippen molar-refractivity contribution in [1.29, 1.82) is 0 Å². The molecule has 0 aliphatic carbocycles. The number of hydrogen-bond donors (Lipinski definition) is 1. The molecule has 0 saturated carbocycles. The highest BCUT2D eigenvalue weighted by Crippen LogP contribution is 2.16. The molecule has 128 valence electrons. The molecule has 1 aromatic carbocycles. The second kappa shape index (κ2) is 6.74. The molecule has 1 aromatic heterocycles. The Kier molecular flexibility index (Phi) is 4.68. The van der Waals surface area contributed by atoms with E-state index in [4.69, 9.17) is 0 Å². The summed E-state index contributed by atoms with van der Waals surface area (Å²) in [4.78, 5) is 14.4. The highest BCUT2D eigenvalue weighted by Gasteiger charge is 2.27. The minimum atomic E-state index is -3.52. The summed E-state index contributed by atoms with van der Waals surface area (Å²) in [6, 6.07) is 9.85. The number of benzene rings is 1. The summed E-state index contributed by atoms with van der Waals surface area (Å²) in [6.45, 7) is 1.04. The second-order valence-corrected chi connectivity index (χ2v) is 7.55. The first kappa shape index (κ1) is 16.7. The number of carbonyl (C=O) groups excluding carboxylic acids is 1. The number of piperidine rings is 1. The van der Waals surface area contributed by atoms with Gasteiger partial charge in [0.25, 0.3) is 5.91 Å². The van der Waals surface area contributed by atoms with Gasteiger partial charge in [0.15, 0.2) is 0 Å². The van der Waals surface area contributed by atoms with Gasteiger partial charge in [0.05, 0.1) is 4.90 Å². The largest absolute Gasteiger partial charge is 0.337 e. The van der Waals surface area contributed by atoms with Gasteiger partial charge in [-0.05, 0) is 31.0 Å². The maximum atomic E-state index is 12.4. The molecule has 0 spiro atoms. The minimum Gasteiger partial charge on any atom is -0.337 e. The van der Waals surface area contributed by atoms with E-state index in [2.05, 4.69) is 9.82 Å². The van der Waals surface area contributed by atoms with Crippen molar-refractivity contribution in [3.05, 3.63) is 48.3 Å². The van der Waals surface area contributed by atoms with Gasteiger partial charge in [0.1, 0.15) is 5.69 Å². The van der Waals surface area contributed by atoms with Crippen LogP contribution in [0.3, 0.4) is 0 Å². The van der Waals surface area contributed by atoms with E-state index in [9.17, 15) is 13.2 Å². The normalized spacial score (nSPS) is 16.3. The fourth-order valence-electron chi connectivity index (χ4n) is 2.83. The summed E-state index contributed by atoms with van der Waals surface area (Å²) in [5.41, 5.74) is 0.540. The monoisotopic (exact) mass is 348 g/mol. The van der Waals surface area contributed by atoms with Gasteiger partial charge in [0.2, 0.25) is 10.0 Å². The molecule has 0 radical (unpaired) electrons. The van der Waals surface area contributed by atoms with Crippen molar-refractivity contribution in [2.75, 3.05) is 13.1 Å². The van der Waals surface area contributed by atoms with Crippen LogP contribution in [-0.4, -0.2) is 48.1 Å². The Morgan fingerprint density at radius 3 is 2.42 bits per heavy atom. The van der Waals surface area contributed by atoms with Gasteiger partial charge in [-0.2, -0.15) is 5.10 Å². The van der Waals surface area contributed by atoms with Gasteiger partial charge in [-0.3, -0.25) is 9.48 Å². The molecule has 1 aliphatic heterocycles.